The van der Waals surface area contributed by atoms with Gasteiger partial charge in [-0.05, 0) is 12.8 Å². The molecule has 0 heterocycles. The number of ketones is 1. The van der Waals surface area contributed by atoms with E-state index in [9.17, 15) is 35.9 Å². The van der Waals surface area contributed by atoms with Gasteiger partial charge in [0.15, 0.2) is 0 Å². The van der Waals surface area contributed by atoms with Crippen molar-refractivity contribution >= 4 is 11.8 Å². The molecule has 3 nitrogen and oxygen atoms in total. The van der Waals surface area contributed by atoms with E-state index >= 15 is 0 Å². The number of Topliss-reactive ketones (excluding diaryl/α,β-unsaturated/α-hetero) is 1. The Morgan fingerprint density at radius 2 is 1.43 bits per heavy atom. The number of rotatable bonds is 6. The van der Waals surface area contributed by atoms with Gasteiger partial charge in [-0.2, -0.15) is 26.3 Å². The van der Waals surface area contributed by atoms with Gasteiger partial charge in [-0.1, -0.05) is 13.8 Å². The van der Waals surface area contributed by atoms with E-state index in [1.54, 1.807) is 0 Å². The van der Waals surface area contributed by atoms with Gasteiger partial charge in [-0.3, -0.25) is 9.59 Å². The Morgan fingerprint density at radius 1 is 1.00 bits per heavy atom. The molecule has 21 heavy (non-hydrogen) atoms. The van der Waals surface area contributed by atoms with Crippen molar-refractivity contribution in [3.05, 3.63) is 0 Å². The van der Waals surface area contributed by atoms with Gasteiger partial charge in [0.05, 0.1) is 5.92 Å². The largest absolute Gasteiger partial charge is 0.439 e. The minimum Gasteiger partial charge on any atom is -0.439 e. The van der Waals surface area contributed by atoms with Crippen LogP contribution in [0.15, 0.2) is 0 Å². The summed E-state index contributed by atoms with van der Waals surface area (Å²) < 4.78 is 82.4. The lowest BCUT2D eigenvalue weighted by Gasteiger charge is -2.40. The second kappa shape index (κ2) is 6.65. The fraction of sp³-hybridized carbons (Fsp3) is 0.833. The summed E-state index contributed by atoms with van der Waals surface area (Å²) in [4.78, 5) is 22.5. The van der Waals surface area contributed by atoms with Gasteiger partial charge >= 0.3 is 23.9 Å². The van der Waals surface area contributed by atoms with Crippen molar-refractivity contribution in [3.63, 3.8) is 0 Å². The number of hydrogen-bond acceptors (Lipinski definition) is 3. The zero-order valence-electron chi connectivity index (χ0n) is 11.7. The number of carbonyl (C=O) groups is 2. The van der Waals surface area contributed by atoms with E-state index < -0.39 is 48.5 Å². The van der Waals surface area contributed by atoms with Crippen LogP contribution in [-0.2, 0) is 14.3 Å². The van der Waals surface area contributed by atoms with E-state index in [-0.39, 0.29) is 6.42 Å². The number of esters is 1. The minimum absolute atomic E-state index is 0.0845. The van der Waals surface area contributed by atoms with Gasteiger partial charge in [0.2, 0.25) is 0 Å². The Morgan fingerprint density at radius 3 is 1.67 bits per heavy atom. The standard InChI is InChI=1S/C12H16F6O3/c1-4-6-9(20)8(5-2)10(11(13,14)15,12(16,17)18)21-7(3)19/h8H,4-6H2,1-3H3. The molecule has 0 aliphatic carbocycles. The Labute approximate surface area is 117 Å². The van der Waals surface area contributed by atoms with Crippen LogP contribution in [0, 0.1) is 5.92 Å². The van der Waals surface area contributed by atoms with Crippen molar-refractivity contribution in [1.29, 1.82) is 0 Å². The van der Waals surface area contributed by atoms with Gasteiger partial charge < -0.3 is 4.74 Å². The van der Waals surface area contributed by atoms with Gasteiger partial charge in [-0.15, -0.1) is 0 Å². The van der Waals surface area contributed by atoms with Crippen LogP contribution in [0.1, 0.15) is 40.0 Å². The topological polar surface area (TPSA) is 43.4 Å². The first kappa shape index (κ1) is 19.7. The molecule has 0 radical (unpaired) electrons. The summed E-state index contributed by atoms with van der Waals surface area (Å²) in [6.07, 6.45) is -13.1. The first-order valence-corrected chi connectivity index (χ1v) is 6.20. The lowest BCUT2D eigenvalue weighted by Crippen LogP contribution is -2.65. The average Bonchev–Trinajstić information content (AvgIpc) is 2.25. The summed E-state index contributed by atoms with van der Waals surface area (Å²) in [6, 6.07) is 0. The summed E-state index contributed by atoms with van der Waals surface area (Å²) in [7, 11) is 0. The normalized spacial score (nSPS) is 14.7. The van der Waals surface area contributed by atoms with Gasteiger partial charge in [0.25, 0.3) is 0 Å². The van der Waals surface area contributed by atoms with Gasteiger partial charge in [0.1, 0.15) is 5.78 Å². The fourth-order valence-corrected chi connectivity index (χ4v) is 2.13. The quantitative estimate of drug-likeness (QED) is 0.552. The van der Waals surface area contributed by atoms with Crippen LogP contribution in [0.3, 0.4) is 0 Å². The third-order valence-corrected chi connectivity index (χ3v) is 2.93. The maximum absolute atomic E-state index is 13.1. The van der Waals surface area contributed by atoms with Crippen LogP contribution in [0.4, 0.5) is 26.3 Å². The zero-order chi connectivity index (χ0) is 17.1. The zero-order valence-corrected chi connectivity index (χ0v) is 11.7. The molecule has 124 valence electrons. The van der Waals surface area contributed by atoms with Crippen LogP contribution < -0.4 is 0 Å². The van der Waals surface area contributed by atoms with Crippen molar-refractivity contribution in [2.75, 3.05) is 0 Å². The van der Waals surface area contributed by atoms with Crippen LogP contribution in [0.5, 0.6) is 0 Å². The smallest absolute Gasteiger partial charge is 0.438 e. The number of carbonyl (C=O) groups excluding carboxylic acids is 2. The molecule has 0 fully saturated rings. The molecule has 0 amide bonds. The van der Waals surface area contributed by atoms with Crippen molar-refractivity contribution in [1.82, 2.24) is 0 Å². The lowest BCUT2D eigenvalue weighted by atomic mass is 9.79. The highest BCUT2D eigenvalue weighted by Crippen LogP contribution is 2.52. The third-order valence-electron chi connectivity index (χ3n) is 2.93. The summed E-state index contributed by atoms with van der Waals surface area (Å²) in [5, 5.41) is 0. The van der Waals surface area contributed by atoms with Gasteiger partial charge in [0, 0.05) is 13.3 Å². The predicted molar refractivity (Wildman–Crippen MR) is 60.3 cm³/mol. The molecule has 0 N–H and O–H groups in total. The number of alkyl halides is 6. The molecule has 0 spiro atoms. The molecule has 0 aliphatic rings. The summed E-state index contributed by atoms with van der Waals surface area (Å²) >= 11 is 0. The highest BCUT2D eigenvalue weighted by molar-refractivity contribution is 5.83. The lowest BCUT2D eigenvalue weighted by molar-refractivity contribution is -0.381. The Bertz CT molecular complexity index is 371. The van der Waals surface area contributed by atoms with Crippen molar-refractivity contribution in [2.45, 2.75) is 58.0 Å². The molecule has 0 saturated heterocycles. The number of halogens is 6. The van der Waals surface area contributed by atoms with Crippen molar-refractivity contribution < 1.29 is 40.7 Å². The third kappa shape index (κ3) is 3.88. The van der Waals surface area contributed by atoms with Gasteiger partial charge in [-0.25, -0.2) is 0 Å². The molecular weight excluding hydrogens is 306 g/mol. The summed E-state index contributed by atoms with van der Waals surface area (Å²) in [6.45, 7) is 2.89. The Hall–Kier alpha value is -1.28. The Kier molecular flexibility index (Phi) is 6.25. The maximum Gasteiger partial charge on any atom is 0.438 e. The second-order valence-electron chi connectivity index (χ2n) is 4.50. The van der Waals surface area contributed by atoms with E-state index in [1.807, 2.05) is 0 Å². The molecule has 1 atom stereocenters. The molecule has 0 bridgehead atoms. The monoisotopic (exact) mass is 322 g/mol. The maximum atomic E-state index is 13.1. The Balaban J connectivity index is 6.20. The van der Waals surface area contributed by atoms with Crippen LogP contribution in [0.2, 0.25) is 0 Å². The second-order valence-corrected chi connectivity index (χ2v) is 4.50. The molecule has 0 aromatic rings. The molecule has 0 saturated carbocycles. The predicted octanol–water partition coefficient (Wildman–Crippen LogP) is 3.81. The fourth-order valence-electron chi connectivity index (χ4n) is 2.13. The summed E-state index contributed by atoms with van der Waals surface area (Å²) in [5.74, 6) is -5.52. The highest BCUT2D eigenvalue weighted by Gasteiger charge is 2.78. The van der Waals surface area contributed by atoms with E-state index in [1.165, 1.54) is 6.92 Å². The molecular formula is C12H16F6O3. The minimum atomic E-state index is -5.96. The SMILES string of the molecule is CCCC(=O)C(CC)C(OC(C)=O)(C(F)(F)F)C(F)(F)F. The van der Waals surface area contributed by atoms with E-state index in [2.05, 4.69) is 4.74 Å². The molecule has 9 heteroatoms. The summed E-state index contributed by atoms with van der Waals surface area (Å²) in [5.41, 5.74) is -4.81. The molecule has 1 unspecified atom stereocenters. The van der Waals surface area contributed by atoms with Crippen molar-refractivity contribution in [2.24, 2.45) is 5.92 Å². The van der Waals surface area contributed by atoms with E-state index in [4.69, 9.17) is 0 Å². The van der Waals surface area contributed by atoms with Crippen LogP contribution >= 0.6 is 0 Å². The first-order chi connectivity index (χ1) is 9.35. The van der Waals surface area contributed by atoms with E-state index in [0.717, 1.165) is 6.92 Å². The highest BCUT2D eigenvalue weighted by atomic mass is 19.4. The van der Waals surface area contributed by atoms with Crippen LogP contribution in [0.25, 0.3) is 0 Å². The molecule has 0 aromatic heterocycles. The first-order valence-electron chi connectivity index (χ1n) is 6.20. The van der Waals surface area contributed by atoms with E-state index in [0.29, 0.717) is 6.92 Å². The number of hydrogen-bond donors (Lipinski definition) is 0. The van der Waals surface area contributed by atoms with Crippen molar-refractivity contribution in [3.8, 4) is 0 Å². The number of ether oxygens (including phenoxy) is 1. The molecule has 0 aliphatic heterocycles. The molecule has 0 rings (SSSR count). The average molecular weight is 322 g/mol. The molecule has 0 aromatic carbocycles. The van der Waals surface area contributed by atoms with Crippen LogP contribution in [-0.4, -0.2) is 29.7 Å².